The summed E-state index contributed by atoms with van der Waals surface area (Å²) in [6, 6.07) is 6.61. The Morgan fingerprint density at radius 2 is 1.95 bits per heavy atom. The fourth-order valence-electron chi connectivity index (χ4n) is 2.84. The lowest BCUT2D eigenvalue weighted by atomic mass is 9.98. The summed E-state index contributed by atoms with van der Waals surface area (Å²) in [5.41, 5.74) is 1.24. The van der Waals surface area contributed by atoms with Crippen LogP contribution in [0.1, 0.15) is 57.6 Å². The van der Waals surface area contributed by atoms with E-state index < -0.39 is 0 Å². The summed E-state index contributed by atoms with van der Waals surface area (Å²) in [4.78, 5) is 0. The van der Waals surface area contributed by atoms with Crippen LogP contribution in [0.2, 0.25) is 0 Å². The van der Waals surface area contributed by atoms with Gasteiger partial charge in [-0.05, 0) is 56.8 Å². The van der Waals surface area contributed by atoms with Crippen molar-refractivity contribution in [3.05, 3.63) is 23.8 Å². The summed E-state index contributed by atoms with van der Waals surface area (Å²) >= 11 is 0. The lowest BCUT2D eigenvalue weighted by Crippen LogP contribution is -2.20. The van der Waals surface area contributed by atoms with Crippen molar-refractivity contribution >= 4 is 0 Å². The summed E-state index contributed by atoms with van der Waals surface area (Å²) < 4.78 is 11.6. The van der Waals surface area contributed by atoms with Crippen molar-refractivity contribution in [2.75, 3.05) is 13.7 Å². The average molecular weight is 277 g/mol. The van der Waals surface area contributed by atoms with Crippen molar-refractivity contribution in [1.29, 1.82) is 0 Å². The molecule has 3 nitrogen and oxygen atoms in total. The normalized spacial score (nSPS) is 17.8. The van der Waals surface area contributed by atoms with Gasteiger partial charge in [0.05, 0.1) is 13.2 Å². The van der Waals surface area contributed by atoms with Crippen LogP contribution in [0, 0.1) is 0 Å². The molecule has 1 aromatic carbocycles. The second-order valence-electron chi connectivity index (χ2n) is 5.57. The van der Waals surface area contributed by atoms with Gasteiger partial charge in [-0.15, -0.1) is 0 Å². The topological polar surface area (TPSA) is 30.5 Å². The van der Waals surface area contributed by atoms with Gasteiger partial charge in [-0.1, -0.05) is 19.4 Å². The molecule has 1 aliphatic rings. The van der Waals surface area contributed by atoms with E-state index in [-0.39, 0.29) is 0 Å². The van der Waals surface area contributed by atoms with Gasteiger partial charge in [0.2, 0.25) is 0 Å². The van der Waals surface area contributed by atoms with Crippen LogP contribution in [-0.2, 0) is 0 Å². The molecular weight excluding hydrogens is 250 g/mol. The Hall–Kier alpha value is -1.22. The Labute approximate surface area is 122 Å². The first-order valence-corrected chi connectivity index (χ1v) is 7.82. The minimum atomic E-state index is 0.331. The second-order valence-corrected chi connectivity index (χ2v) is 5.57. The molecule has 2 rings (SSSR count). The van der Waals surface area contributed by atoms with Gasteiger partial charge in [0.15, 0.2) is 11.5 Å². The van der Waals surface area contributed by atoms with E-state index in [1.54, 1.807) is 7.11 Å². The molecule has 0 amide bonds. The van der Waals surface area contributed by atoms with Crippen molar-refractivity contribution < 1.29 is 9.47 Å². The minimum absolute atomic E-state index is 0.331. The highest BCUT2D eigenvalue weighted by Crippen LogP contribution is 2.33. The SMILES string of the molecule is CCNC(C)c1ccc(OC2CCCCC2)c(OC)c1. The summed E-state index contributed by atoms with van der Waals surface area (Å²) in [6.45, 7) is 5.25. The van der Waals surface area contributed by atoms with E-state index >= 15 is 0 Å². The van der Waals surface area contributed by atoms with Crippen LogP contribution in [0.15, 0.2) is 18.2 Å². The highest BCUT2D eigenvalue weighted by atomic mass is 16.5. The Kier molecular flexibility index (Phi) is 5.72. The Morgan fingerprint density at radius 1 is 1.20 bits per heavy atom. The van der Waals surface area contributed by atoms with Gasteiger partial charge < -0.3 is 14.8 Å². The van der Waals surface area contributed by atoms with Crippen molar-refractivity contribution in [2.24, 2.45) is 0 Å². The smallest absolute Gasteiger partial charge is 0.161 e. The fourth-order valence-corrected chi connectivity index (χ4v) is 2.84. The van der Waals surface area contributed by atoms with Crippen LogP contribution in [0.5, 0.6) is 11.5 Å². The average Bonchev–Trinajstić information content (AvgIpc) is 2.49. The summed E-state index contributed by atoms with van der Waals surface area (Å²) in [5, 5.41) is 3.42. The predicted octanol–water partition coefficient (Wildman–Crippen LogP) is 4.08. The molecule has 0 spiro atoms. The number of nitrogens with one attached hydrogen (secondary N) is 1. The minimum Gasteiger partial charge on any atom is -0.493 e. The zero-order valence-corrected chi connectivity index (χ0v) is 12.9. The van der Waals surface area contributed by atoms with E-state index in [0.717, 1.165) is 18.0 Å². The van der Waals surface area contributed by atoms with Crippen LogP contribution < -0.4 is 14.8 Å². The van der Waals surface area contributed by atoms with E-state index in [1.165, 1.54) is 37.7 Å². The molecule has 0 aromatic heterocycles. The molecule has 0 saturated heterocycles. The number of hydrogen-bond donors (Lipinski definition) is 1. The third-order valence-electron chi connectivity index (χ3n) is 4.04. The van der Waals surface area contributed by atoms with Gasteiger partial charge in [-0.2, -0.15) is 0 Å². The Morgan fingerprint density at radius 3 is 2.60 bits per heavy atom. The molecule has 0 aliphatic heterocycles. The van der Waals surface area contributed by atoms with Crippen molar-refractivity contribution in [2.45, 2.75) is 58.1 Å². The van der Waals surface area contributed by atoms with E-state index in [2.05, 4.69) is 37.4 Å². The van der Waals surface area contributed by atoms with Gasteiger partial charge in [0.1, 0.15) is 0 Å². The van der Waals surface area contributed by atoms with Gasteiger partial charge in [0.25, 0.3) is 0 Å². The standard InChI is InChI=1S/C17H27NO2/c1-4-18-13(2)14-10-11-16(17(12-14)19-3)20-15-8-6-5-7-9-15/h10-13,15,18H,4-9H2,1-3H3. The zero-order valence-electron chi connectivity index (χ0n) is 12.9. The summed E-state index contributed by atoms with van der Waals surface area (Å²) in [5.74, 6) is 1.73. The van der Waals surface area contributed by atoms with E-state index in [1.807, 2.05) is 0 Å². The molecule has 1 fully saturated rings. The summed E-state index contributed by atoms with van der Waals surface area (Å²) in [7, 11) is 1.71. The molecule has 0 bridgehead atoms. The number of methoxy groups -OCH3 is 1. The number of hydrogen-bond acceptors (Lipinski definition) is 3. The predicted molar refractivity (Wildman–Crippen MR) is 82.6 cm³/mol. The monoisotopic (exact) mass is 277 g/mol. The molecule has 0 radical (unpaired) electrons. The fraction of sp³-hybridized carbons (Fsp3) is 0.647. The number of ether oxygens (including phenoxy) is 2. The van der Waals surface area contributed by atoms with Crippen LogP contribution in [0.3, 0.4) is 0 Å². The molecule has 1 saturated carbocycles. The molecular formula is C17H27NO2. The van der Waals surface area contributed by atoms with Crippen molar-refractivity contribution in [1.82, 2.24) is 5.32 Å². The van der Waals surface area contributed by atoms with E-state index in [9.17, 15) is 0 Å². The quantitative estimate of drug-likeness (QED) is 0.850. The maximum Gasteiger partial charge on any atom is 0.161 e. The van der Waals surface area contributed by atoms with Gasteiger partial charge in [0, 0.05) is 6.04 Å². The maximum atomic E-state index is 6.13. The van der Waals surface area contributed by atoms with Crippen molar-refractivity contribution in [3.8, 4) is 11.5 Å². The molecule has 1 aliphatic carbocycles. The van der Waals surface area contributed by atoms with Crippen molar-refractivity contribution in [3.63, 3.8) is 0 Å². The Bertz CT molecular complexity index is 413. The summed E-state index contributed by atoms with van der Waals surface area (Å²) in [6.07, 6.45) is 6.59. The van der Waals surface area contributed by atoms with Crippen LogP contribution in [0.4, 0.5) is 0 Å². The molecule has 1 N–H and O–H groups in total. The first-order chi connectivity index (χ1) is 9.74. The van der Waals surface area contributed by atoms with Crippen LogP contribution in [-0.4, -0.2) is 19.8 Å². The first-order valence-electron chi connectivity index (χ1n) is 7.82. The lowest BCUT2D eigenvalue weighted by Gasteiger charge is -2.24. The third kappa shape index (κ3) is 3.89. The van der Waals surface area contributed by atoms with Crippen LogP contribution in [0.25, 0.3) is 0 Å². The van der Waals surface area contributed by atoms with Gasteiger partial charge >= 0.3 is 0 Å². The molecule has 1 unspecified atom stereocenters. The number of benzene rings is 1. The van der Waals surface area contributed by atoms with Gasteiger partial charge in [-0.3, -0.25) is 0 Å². The largest absolute Gasteiger partial charge is 0.493 e. The highest BCUT2D eigenvalue weighted by molar-refractivity contribution is 5.44. The molecule has 1 atom stereocenters. The molecule has 112 valence electrons. The Balaban J connectivity index is 2.08. The molecule has 1 aromatic rings. The second kappa shape index (κ2) is 7.53. The molecule has 3 heteroatoms. The highest BCUT2D eigenvalue weighted by Gasteiger charge is 2.17. The van der Waals surface area contributed by atoms with Gasteiger partial charge in [-0.25, -0.2) is 0 Å². The first kappa shape index (κ1) is 15.2. The third-order valence-corrected chi connectivity index (χ3v) is 4.04. The van der Waals surface area contributed by atoms with E-state index in [4.69, 9.17) is 9.47 Å². The zero-order chi connectivity index (χ0) is 14.4. The molecule has 0 heterocycles. The molecule has 20 heavy (non-hydrogen) atoms. The lowest BCUT2D eigenvalue weighted by molar-refractivity contribution is 0.149. The van der Waals surface area contributed by atoms with E-state index in [0.29, 0.717) is 12.1 Å². The maximum absolute atomic E-state index is 6.13. The number of rotatable bonds is 6. The van der Waals surface area contributed by atoms with Crippen LogP contribution >= 0.6 is 0 Å².